The molecule has 2 aliphatic rings. The Kier molecular flexibility index (Phi) is 6.12. The third-order valence-corrected chi connectivity index (χ3v) is 7.97. The van der Waals surface area contributed by atoms with E-state index in [1.54, 1.807) is 20.0 Å². The van der Waals surface area contributed by atoms with Gasteiger partial charge in [-0.05, 0) is 31.4 Å². The molecule has 0 radical (unpaired) electrons. The normalized spacial score (nSPS) is 20.2. The quantitative estimate of drug-likeness (QED) is 0.674. The molecule has 1 fully saturated rings. The standard InChI is InChI=1S/C22H25F3N4O3S/c1-13(15-4-3-5-16(18(15)23)19(24)25)28-20-17-10-14(11-29(2)21(17)27-12-26-20)22(30)6-8-33(31,32)9-7-22/h3-5,10,12-13,19,30H,6-9,11H2,1-2H3,(H,26,27,28)/t13-/m1/s1. The Labute approximate surface area is 190 Å². The van der Waals surface area contributed by atoms with Crippen molar-refractivity contribution in [2.24, 2.45) is 0 Å². The number of hydrogen-bond acceptors (Lipinski definition) is 7. The SMILES string of the molecule is C[C@@H](Nc1ncnc2c1C=C(C1(O)CCS(=O)(=O)CC1)CN2C)c1cccc(C(F)F)c1F. The van der Waals surface area contributed by atoms with Gasteiger partial charge in [0.15, 0.2) is 9.84 Å². The summed E-state index contributed by atoms with van der Waals surface area (Å²) in [6, 6.07) is 3.18. The molecule has 0 amide bonds. The van der Waals surface area contributed by atoms with Gasteiger partial charge in [-0.3, -0.25) is 0 Å². The van der Waals surface area contributed by atoms with Gasteiger partial charge in [0.1, 0.15) is 23.8 Å². The first kappa shape index (κ1) is 23.5. The van der Waals surface area contributed by atoms with Crippen LogP contribution in [0.4, 0.5) is 24.8 Å². The van der Waals surface area contributed by atoms with Crippen molar-refractivity contribution < 1.29 is 26.7 Å². The Morgan fingerprint density at radius 1 is 1.18 bits per heavy atom. The van der Waals surface area contributed by atoms with Gasteiger partial charge in [-0.2, -0.15) is 0 Å². The van der Waals surface area contributed by atoms with Crippen LogP contribution >= 0.6 is 0 Å². The monoisotopic (exact) mass is 482 g/mol. The average molecular weight is 483 g/mol. The van der Waals surface area contributed by atoms with Crippen LogP contribution in [0.3, 0.4) is 0 Å². The Hall–Kier alpha value is -2.66. The van der Waals surface area contributed by atoms with E-state index in [-0.39, 0.29) is 29.9 Å². The molecule has 33 heavy (non-hydrogen) atoms. The van der Waals surface area contributed by atoms with Crippen molar-refractivity contribution in [3.63, 3.8) is 0 Å². The number of aromatic nitrogens is 2. The first-order valence-corrected chi connectivity index (χ1v) is 12.4. The highest BCUT2D eigenvalue weighted by Crippen LogP contribution is 2.39. The van der Waals surface area contributed by atoms with Gasteiger partial charge in [-0.25, -0.2) is 31.6 Å². The van der Waals surface area contributed by atoms with Crippen molar-refractivity contribution in [3.8, 4) is 0 Å². The summed E-state index contributed by atoms with van der Waals surface area (Å²) in [6.45, 7) is 2.00. The minimum absolute atomic E-state index is 0.0737. The molecule has 2 aliphatic heterocycles. The van der Waals surface area contributed by atoms with Crippen molar-refractivity contribution >= 4 is 27.5 Å². The number of aliphatic hydroxyl groups is 1. The first-order valence-electron chi connectivity index (χ1n) is 10.5. The van der Waals surface area contributed by atoms with Gasteiger partial charge in [-0.15, -0.1) is 0 Å². The zero-order valence-electron chi connectivity index (χ0n) is 18.2. The molecule has 0 aliphatic carbocycles. The summed E-state index contributed by atoms with van der Waals surface area (Å²) in [5.41, 5.74) is -0.663. The number of halogens is 3. The average Bonchev–Trinajstić information content (AvgIpc) is 2.76. The van der Waals surface area contributed by atoms with Crippen LogP contribution in [-0.2, 0) is 9.84 Å². The maximum Gasteiger partial charge on any atom is 0.266 e. The van der Waals surface area contributed by atoms with Crippen LogP contribution in [0.5, 0.6) is 0 Å². The number of sulfone groups is 1. The summed E-state index contributed by atoms with van der Waals surface area (Å²) in [6.07, 6.45) is 0.361. The minimum atomic E-state index is -3.16. The van der Waals surface area contributed by atoms with E-state index in [2.05, 4.69) is 15.3 Å². The van der Waals surface area contributed by atoms with E-state index in [9.17, 15) is 26.7 Å². The molecule has 1 aromatic carbocycles. The predicted octanol–water partition coefficient (Wildman–Crippen LogP) is 3.50. The fourth-order valence-corrected chi connectivity index (χ4v) is 5.82. The van der Waals surface area contributed by atoms with Crippen molar-refractivity contribution in [2.75, 3.05) is 35.3 Å². The molecule has 0 spiro atoms. The summed E-state index contributed by atoms with van der Waals surface area (Å²) < 4.78 is 64.5. The van der Waals surface area contributed by atoms with Gasteiger partial charge in [0, 0.05) is 19.2 Å². The number of hydrogen-bond donors (Lipinski definition) is 2. The second kappa shape index (κ2) is 8.60. The van der Waals surface area contributed by atoms with Crippen molar-refractivity contribution in [2.45, 2.75) is 37.8 Å². The van der Waals surface area contributed by atoms with Crippen LogP contribution in [0.25, 0.3) is 6.08 Å². The van der Waals surface area contributed by atoms with E-state index in [1.807, 2.05) is 4.90 Å². The molecule has 1 atom stereocenters. The second-order valence-electron chi connectivity index (χ2n) is 8.59. The molecule has 3 heterocycles. The summed E-state index contributed by atoms with van der Waals surface area (Å²) in [5.74, 6) is -0.223. The molecular formula is C22H25F3N4O3S. The van der Waals surface area contributed by atoms with E-state index in [0.717, 1.165) is 6.07 Å². The largest absolute Gasteiger partial charge is 0.385 e. The molecule has 2 aromatic rings. The molecule has 0 unspecified atom stereocenters. The van der Waals surface area contributed by atoms with Gasteiger partial charge in [0.25, 0.3) is 6.43 Å². The number of anilines is 2. The number of nitrogens with one attached hydrogen (secondary N) is 1. The fourth-order valence-electron chi connectivity index (χ4n) is 4.32. The molecule has 1 aromatic heterocycles. The molecule has 0 saturated carbocycles. The van der Waals surface area contributed by atoms with Gasteiger partial charge < -0.3 is 15.3 Å². The molecule has 7 nitrogen and oxygen atoms in total. The first-order chi connectivity index (χ1) is 15.5. The maximum atomic E-state index is 14.6. The Morgan fingerprint density at radius 3 is 2.52 bits per heavy atom. The lowest BCUT2D eigenvalue weighted by molar-refractivity contribution is 0.0674. The molecule has 4 rings (SSSR count). The smallest absolute Gasteiger partial charge is 0.266 e. The molecule has 0 bridgehead atoms. The zero-order valence-corrected chi connectivity index (χ0v) is 19.0. The Balaban J connectivity index is 1.68. The number of likely N-dealkylation sites (N-methyl/N-ethyl adjacent to an activating group) is 1. The fraction of sp³-hybridized carbons (Fsp3) is 0.455. The van der Waals surface area contributed by atoms with Crippen LogP contribution in [0, 0.1) is 5.82 Å². The lowest BCUT2D eigenvalue weighted by Crippen LogP contribution is -2.44. The number of benzene rings is 1. The predicted molar refractivity (Wildman–Crippen MR) is 120 cm³/mol. The maximum absolute atomic E-state index is 14.6. The Morgan fingerprint density at radius 2 is 1.85 bits per heavy atom. The molecule has 2 N–H and O–H groups in total. The van der Waals surface area contributed by atoms with Gasteiger partial charge in [-0.1, -0.05) is 18.2 Å². The number of nitrogens with zero attached hydrogens (tertiary/aromatic N) is 3. The van der Waals surface area contributed by atoms with E-state index >= 15 is 0 Å². The van der Waals surface area contributed by atoms with E-state index in [1.165, 1.54) is 18.5 Å². The summed E-state index contributed by atoms with van der Waals surface area (Å²) in [7, 11) is -1.37. The van der Waals surface area contributed by atoms with Crippen molar-refractivity contribution in [3.05, 3.63) is 52.6 Å². The minimum Gasteiger partial charge on any atom is -0.385 e. The van der Waals surface area contributed by atoms with Gasteiger partial charge in [0.2, 0.25) is 0 Å². The highest BCUT2D eigenvalue weighted by atomic mass is 32.2. The van der Waals surface area contributed by atoms with Gasteiger partial charge >= 0.3 is 0 Å². The topological polar surface area (TPSA) is 95.4 Å². The second-order valence-corrected chi connectivity index (χ2v) is 10.9. The number of rotatable bonds is 5. The highest BCUT2D eigenvalue weighted by molar-refractivity contribution is 7.91. The van der Waals surface area contributed by atoms with Crippen LogP contribution in [-0.4, -0.2) is 54.2 Å². The van der Waals surface area contributed by atoms with Gasteiger partial charge in [0.05, 0.1) is 34.3 Å². The van der Waals surface area contributed by atoms with Crippen molar-refractivity contribution in [1.29, 1.82) is 0 Å². The van der Waals surface area contributed by atoms with E-state index in [0.29, 0.717) is 29.3 Å². The number of fused-ring (bicyclic) bond motifs is 1. The third kappa shape index (κ3) is 4.56. The summed E-state index contributed by atoms with van der Waals surface area (Å²) in [4.78, 5) is 10.4. The zero-order chi connectivity index (χ0) is 24.0. The molecule has 178 valence electrons. The molecule has 11 heteroatoms. The van der Waals surface area contributed by atoms with Crippen LogP contribution in [0.15, 0.2) is 30.1 Å². The number of alkyl halides is 2. The molecule has 1 saturated heterocycles. The van der Waals surface area contributed by atoms with Crippen molar-refractivity contribution in [1.82, 2.24) is 9.97 Å². The van der Waals surface area contributed by atoms with Crippen LogP contribution in [0.1, 0.15) is 48.9 Å². The Bertz CT molecular complexity index is 1190. The molecular weight excluding hydrogens is 457 g/mol. The van der Waals surface area contributed by atoms with Crippen LogP contribution < -0.4 is 10.2 Å². The third-order valence-electron chi connectivity index (χ3n) is 6.31. The van der Waals surface area contributed by atoms with E-state index in [4.69, 9.17) is 0 Å². The highest BCUT2D eigenvalue weighted by Gasteiger charge is 2.40. The lowest BCUT2D eigenvalue weighted by Gasteiger charge is -2.38. The van der Waals surface area contributed by atoms with E-state index < -0.39 is 39.3 Å². The lowest BCUT2D eigenvalue weighted by atomic mass is 9.85. The summed E-state index contributed by atoms with van der Waals surface area (Å²) >= 11 is 0. The van der Waals surface area contributed by atoms with Crippen LogP contribution in [0.2, 0.25) is 0 Å². The summed E-state index contributed by atoms with van der Waals surface area (Å²) in [5, 5.41) is 14.3.